The highest BCUT2D eigenvalue weighted by molar-refractivity contribution is 7.56. The molecule has 0 unspecified atom stereocenters. The third kappa shape index (κ3) is 2.22. The highest BCUT2D eigenvalue weighted by Gasteiger charge is 2.11. The van der Waals surface area contributed by atoms with E-state index in [1.807, 2.05) is 0 Å². The topological polar surface area (TPSA) is 75.1 Å². The molecule has 1 aromatic heterocycles. The number of nitrogens with one attached hydrogen (secondary N) is 1. The number of rotatable bonds is 1. The summed E-state index contributed by atoms with van der Waals surface area (Å²) in [5.41, 5.74) is -0.281. The average molecular weight is 305 g/mol. The van der Waals surface area contributed by atoms with Gasteiger partial charge in [0, 0.05) is 0 Å². The maximum atomic E-state index is 11.2. The first-order valence-corrected chi connectivity index (χ1v) is 6.17. The van der Waals surface area contributed by atoms with E-state index in [2.05, 4.69) is 4.98 Å². The summed E-state index contributed by atoms with van der Waals surface area (Å²) in [6.07, 6.45) is 0. The van der Waals surface area contributed by atoms with E-state index in [-0.39, 0.29) is 26.1 Å². The standard InChI is InChI=1S/C10H6Cl2N2O3S/c11-5-2-1-3-6(9(5)12)14-8(16)4-7(15)13-10(14)18-17/h1-4,16H,(H,13,15). The first-order chi connectivity index (χ1) is 8.54. The van der Waals surface area contributed by atoms with E-state index >= 15 is 0 Å². The summed E-state index contributed by atoms with van der Waals surface area (Å²) in [5, 5.41) is 10.2. The molecular formula is C10H6Cl2N2O3S. The summed E-state index contributed by atoms with van der Waals surface area (Å²) < 4.78 is 12.0. The van der Waals surface area contributed by atoms with Crippen LogP contribution < -0.4 is 5.56 Å². The van der Waals surface area contributed by atoms with E-state index in [4.69, 9.17) is 23.2 Å². The number of hydrogen-bond donors (Lipinski definition) is 2. The number of nitrogens with zero attached hydrogens (tertiary/aromatic N) is 1. The van der Waals surface area contributed by atoms with E-state index in [0.717, 1.165) is 10.6 Å². The van der Waals surface area contributed by atoms with Crippen LogP contribution in [0.15, 0.2) is 29.1 Å². The van der Waals surface area contributed by atoms with Gasteiger partial charge in [0.05, 0.1) is 21.8 Å². The van der Waals surface area contributed by atoms with Crippen LogP contribution in [0.3, 0.4) is 0 Å². The summed E-state index contributed by atoms with van der Waals surface area (Å²) in [4.78, 5) is 13.5. The molecular weight excluding hydrogens is 299 g/mol. The predicted molar refractivity (Wildman–Crippen MR) is 69.5 cm³/mol. The second-order valence-electron chi connectivity index (χ2n) is 3.29. The molecule has 2 rings (SSSR count). The van der Waals surface area contributed by atoms with E-state index in [1.165, 1.54) is 0 Å². The quantitative estimate of drug-likeness (QED) is 0.790. The first kappa shape index (κ1) is 12.9. The molecule has 0 saturated carbocycles. The smallest absolute Gasteiger partial charge is 0.255 e. The Balaban J connectivity index is 2.92. The molecule has 0 radical (unpaired) electrons. The molecule has 0 atom stereocenters. The van der Waals surface area contributed by atoms with Crippen molar-refractivity contribution in [2.45, 2.75) is 0 Å². The largest absolute Gasteiger partial charge is 0.494 e. The normalized spacial score (nSPS) is 10.3. The Morgan fingerprint density at radius 1 is 1.33 bits per heavy atom. The van der Waals surface area contributed by atoms with Crippen LogP contribution in [-0.4, -0.2) is 18.9 Å². The van der Waals surface area contributed by atoms with Crippen molar-refractivity contribution in [1.29, 1.82) is 0 Å². The summed E-state index contributed by atoms with van der Waals surface area (Å²) in [6, 6.07) is 5.68. The second kappa shape index (κ2) is 5.01. The Hall–Kier alpha value is -1.50. The van der Waals surface area contributed by atoms with E-state index < -0.39 is 11.4 Å². The highest BCUT2D eigenvalue weighted by Crippen LogP contribution is 2.30. The van der Waals surface area contributed by atoms with E-state index in [1.54, 1.807) is 18.2 Å². The SMILES string of the molecule is O=S=c1[nH]c(=O)cc(O)n1-c1cccc(Cl)c1Cl. The van der Waals surface area contributed by atoms with Crippen LogP contribution in [0.1, 0.15) is 0 Å². The summed E-state index contributed by atoms with van der Waals surface area (Å²) >= 11 is 11.9. The van der Waals surface area contributed by atoms with Gasteiger partial charge in [0.15, 0.2) is 0 Å². The third-order valence-electron chi connectivity index (χ3n) is 2.17. The van der Waals surface area contributed by atoms with Crippen molar-refractivity contribution in [2.75, 3.05) is 0 Å². The lowest BCUT2D eigenvalue weighted by Crippen LogP contribution is -2.12. The van der Waals surface area contributed by atoms with Gasteiger partial charge < -0.3 is 5.11 Å². The van der Waals surface area contributed by atoms with Crippen molar-refractivity contribution in [3.8, 4) is 11.6 Å². The summed E-state index contributed by atoms with van der Waals surface area (Å²) in [7, 11) is 0. The van der Waals surface area contributed by atoms with Crippen LogP contribution in [0.2, 0.25) is 10.0 Å². The van der Waals surface area contributed by atoms with Crippen LogP contribution in [0.25, 0.3) is 5.69 Å². The lowest BCUT2D eigenvalue weighted by Gasteiger charge is -2.10. The highest BCUT2D eigenvalue weighted by atomic mass is 35.5. The molecule has 8 heteroatoms. The maximum Gasteiger partial charge on any atom is 0.255 e. The first-order valence-electron chi connectivity index (χ1n) is 4.67. The van der Waals surface area contributed by atoms with Gasteiger partial charge in [0.2, 0.25) is 10.7 Å². The Morgan fingerprint density at radius 2 is 2.06 bits per heavy atom. The van der Waals surface area contributed by atoms with Crippen LogP contribution in [0.4, 0.5) is 0 Å². The molecule has 2 N–H and O–H groups in total. The monoisotopic (exact) mass is 304 g/mol. The Kier molecular flexibility index (Phi) is 3.60. The molecule has 0 spiro atoms. The van der Waals surface area contributed by atoms with Crippen molar-refractivity contribution in [3.05, 3.63) is 49.4 Å². The second-order valence-corrected chi connectivity index (χ2v) is 4.63. The number of halogens is 2. The molecule has 94 valence electrons. The van der Waals surface area contributed by atoms with Gasteiger partial charge in [-0.05, 0) is 12.1 Å². The maximum absolute atomic E-state index is 11.2. The third-order valence-corrected chi connectivity index (χ3v) is 3.42. The molecule has 0 amide bonds. The molecule has 0 fully saturated rings. The number of aromatic nitrogens is 2. The van der Waals surface area contributed by atoms with Crippen molar-refractivity contribution in [1.82, 2.24) is 9.55 Å². The van der Waals surface area contributed by atoms with E-state index in [9.17, 15) is 14.1 Å². The summed E-state index contributed by atoms with van der Waals surface area (Å²) in [5.74, 6) is -0.402. The molecule has 0 bridgehead atoms. The zero-order valence-electron chi connectivity index (χ0n) is 8.68. The van der Waals surface area contributed by atoms with Crippen LogP contribution in [0, 0.1) is 4.77 Å². The van der Waals surface area contributed by atoms with Crippen molar-refractivity contribution >= 4 is 34.5 Å². The minimum absolute atomic E-state index is 0.0288. The zero-order chi connectivity index (χ0) is 13.3. The number of aromatic amines is 1. The van der Waals surface area contributed by atoms with Gasteiger partial charge in [-0.2, -0.15) is 0 Å². The molecule has 2 aromatic rings. The number of benzene rings is 1. The molecule has 0 aliphatic rings. The molecule has 18 heavy (non-hydrogen) atoms. The fourth-order valence-corrected chi connectivity index (χ4v) is 2.23. The van der Waals surface area contributed by atoms with E-state index in [0.29, 0.717) is 5.69 Å². The molecule has 1 aromatic carbocycles. The van der Waals surface area contributed by atoms with Gasteiger partial charge in [-0.1, -0.05) is 29.3 Å². The van der Waals surface area contributed by atoms with Gasteiger partial charge in [-0.3, -0.25) is 14.3 Å². The lowest BCUT2D eigenvalue weighted by atomic mass is 10.3. The van der Waals surface area contributed by atoms with Gasteiger partial charge >= 0.3 is 0 Å². The zero-order valence-corrected chi connectivity index (χ0v) is 11.0. The number of aromatic hydroxyl groups is 1. The van der Waals surface area contributed by atoms with Gasteiger partial charge in [-0.25, -0.2) is 4.21 Å². The molecule has 0 saturated heterocycles. The minimum Gasteiger partial charge on any atom is -0.494 e. The van der Waals surface area contributed by atoms with Crippen LogP contribution in [-0.2, 0) is 11.3 Å². The van der Waals surface area contributed by atoms with Gasteiger partial charge in [0.1, 0.15) is 11.3 Å². The predicted octanol–water partition coefficient (Wildman–Crippen LogP) is 1.92. The lowest BCUT2D eigenvalue weighted by molar-refractivity contribution is 0.433. The van der Waals surface area contributed by atoms with Crippen molar-refractivity contribution in [3.63, 3.8) is 0 Å². The van der Waals surface area contributed by atoms with Crippen LogP contribution >= 0.6 is 23.2 Å². The van der Waals surface area contributed by atoms with Gasteiger partial charge in [0.25, 0.3) is 5.56 Å². The molecule has 0 aliphatic heterocycles. The summed E-state index contributed by atoms with van der Waals surface area (Å²) in [6.45, 7) is 0. The van der Waals surface area contributed by atoms with Gasteiger partial charge in [-0.15, -0.1) is 0 Å². The average Bonchev–Trinajstić information content (AvgIpc) is 2.32. The Bertz CT molecular complexity index is 762. The Morgan fingerprint density at radius 3 is 2.72 bits per heavy atom. The number of hydrogen-bond acceptors (Lipinski definition) is 3. The minimum atomic E-state index is -0.583. The fourth-order valence-electron chi connectivity index (χ4n) is 1.44. The molecule has 0 aliphatic carbocycles. The van der Waals surface area contributed by atoms with Crippen LogP contribution in [0.5, 0.6) is 5.88 Å². The molecule has 5 nitrogen and oxygen atoms in total. The van der Waals surface area contributed by atoms with Crippen molar-refractivity contribution < 1.29 is 9.32 Å². The molecule has 1 heterocycles. The van der Waals surface area contributed by atoms with Crippen molar-refractivity contribution in [2.24, 2.45) is 0 Å². The fraction of sp³-hybridized carbons (Fsp3) is 0. The Labute approximate surface area is 114 Å². The number of H-pyrrole nitrogens is 1.